The summed E-state index contributed by atoms with van der Waals surface area (Å²) in [5.41, 5.74) is 2.51. The van der Waals surface area contributed by atoms with Crippen LogP contribution in [0.3, 0.4) is 0 Å². The molecule has 128 valence electrons. The quantitative estimate of drug-likeness (QED) is 0.664. The van der Waals surface area contributed by atoms with Gasteiger partial charge in [-0.2, -0.15) is 9.37 Å². The van der Waals surface area contributed by atoms with Gasteiger partial charge >= 0.3 is 0 Å². The van der Waals surface area contributed by atoms with E-state index in [-0.39, 0.29) is 5.91 Å². The van der Waals surface area contributed by atoms with Crippen LogP contribution in [0.2, 0.25) is 0 Å². The van der Waals surface area contributed by atoms with E-state index in [9.17, 15) is 9.18 Å². The predicted octanol–water partition coefficient (Wildman–Crippen LogP) is 2.03. The van der Waals surface area contributed by atoms with Crippen LogP contribution < -0.4 is 4.90 Å². The average molecular weight is 341 g/mol. The molecule has 0 N–H and O–H groups in total. The van der Waals surface area contributed by atoms with Crippen LogP contribution in [0.15, 0.2) is 34.9 Å². The average Bonchev–Trinajstić information content (AvgIpc) is 3.05. The second-order valence-corrected chi connectivity index (χ2v) is 5.92. The van der Waals surface area contributed by atoms with Crippen molar-refractivity contribution in [2.24, 2.45) is 0 Å². The Morgan fingerprint density at radius 3 is 2.64 bits per heavy atom. The molecule has 0 aliphatic carbocycles. The molecule has 4 heterocycles. The number of nitrogens with zero attached hydrogens (tertiary/aromatic N) is 5. The Kier molecular flexibility index (Phi) is 3.79. The van der Waals surface area contributed by atoms with E-state index in [4.69, 9.17) is 4.42 Å². The van der Waals surface area contributed by atoms with Crippen molar-refractivity contribution in [1.29, 1.82) is 0 Å². The van der Waals surface area contributed by atoms with Crippen LogP contribution in [0.1, 0.15) is 16.1 Å². The van der Waals surface area contributed by atoms with Crippen molar-refractivity contribution in [3.05, 3.63) is 47.7 Å². The summed E-state index contributed by atoms with van der Waals surface area (Å²) in [5, 5.41) is 0. The lowest BCUT2D eigenvalue weighted by molar-refractivity contribution is 0.0744. The Morgan fingerprint density at radius 1 is 1.12 bits per heavy atom. The van der Waals surface area contributed by atoms with E-state index in [1.54, 1.807) is 4.90 Å². The highest BCUT2D eigenvalue weighted by Gasteiger charge is 2.25. The number of anilines is 1. The van der Waals surface area contributed by atoms with Gasteiger partial charge in [0.1, 0.15) is 0 Å². The zero-order valence-corrected chi connectivity index (χ0v) is 13.6. The third-order valence-electron chi connectivity index (χ3n) is 4.19. The van der Waals surface area contributed by atoms with Gasteiger partial charge in [-0.05, 0) is 31.2 Å². The van der Waals surface area contributed by atoms with Gasteiger partial charge in [-0.3, -0.25) is 4.79 Å². The van der Waals surface area contributed by atoms with Crippen LogP contribution in [0.4, 0.5) is 10.4 Å². The first-order chi connectivity index (χ1) is 12.1. The lowest BCUT2D eigenvalue weighted by Gasteiger charge is -2.33. The molecule has 1 aliphatic heterocycles. The van der Waals surface area contributed by atoms with E-state index in [0.717, 1.165) is 5.69 Å². The number of halogens is 1. The minimum absolute atomic E-state index is 0.151. The Morgan fingerprint density at radius 2 is 1.92 bits per heavy atom. The monoisotopic (exact) mass is 341 g/mol. The number of rotatable bonds is 2. The molecule has 1 saturated heterocycles. The molecule has 1 aliphatic rings. The maximum absolute atomic E-state index is 12.9. The van der Waals surface area contributed by atoms with Crippen LogP contribution in [0, 0.1) is 12.9 Å². The molecular weight excluding hydrogens is 325 g/mol. The van der Waals surface area contributed by atoms with Gasteiger partial charge in [-0.1, -0.05) is 0 Å². The molecule has 7 nitrogen and oxygen atoms in total. The van der Waals surface area contributed by atoms with E-state index < -0.39 is 5.95 Å². The highest BCUT2D eigenvalue weighted by molar-refractivity contribution is 5.94. The second kappa shape index (κ2) is 6.12. The molecule has 4 rings (SSSR count). The molecule has 3 aromatic heterocycles. The number of carbonyl (C=O) groups is 1. The van der Waals surface area contributed by atoms with E-state index in [1.165, 1.54) is 18.3 Å². The van der Waals surface area contributed by atoms with Crippen molar-refractivity contribution in [3.8, 4) is 0 Å². The fourth-order valence-corrected chi connectivity index (χ4v) is 2.82. The molecule has 8 heteroatoms. The summed E-state index contributed by atoms with van der Waals surface area (Å²) in [7, 11) is 0. The van der Waals surface area contributed by atoms with Gasteiger partial charge in [0.15, 0.2) is 5.58 Å². The van der Waals surface area contributed by atoms with E-state index >= 15 is 0 Å². The second-order valence-electron chi connectivity index (χ2n) is 5.92. The zero-order valence-electron chi connectivity index (χ0n) is 13.6. The third kappa shape index (κ3) is 3.02. The smallest absolute Gasteiger partial charge is 0.300 e. The third-order valence-corrected chi connectivity index (χ3v) is 4.19. The molecule has 0 atom stereocenters. The summed E-state index contributed by atoms with van der Waals surface area (Å²) < 4.78 is 18.6. The molecule has 0 bridgehead atoms. The molecule has 1 amide bonds. The summed E-state index contributed by atoms with van der Waals surface area (Å²) in [6.45, 7) is 4.17. The zero-order chi connectivity index (χ0) is 17.4. The van der Waals surface area contributed by atoms with Crippen molar-refractivity contribution >= 4 is 23.2 Å². The van der Waals surface area contributed by atoms with Gasteiger partial charge in [0, 0.05) is 38.1 Å². The van der Waals surface area contributed by atoms with Crippen LogP contribution >= 0.6 is 0 Å². The van der Waals surface area contributed by atoms with Gasteiger partial charge in [-0.15, -0.1) is 0 Å². The minimum Gasteiger partial charge on any atom is -0.422 e. The van der Waals surface area contributed by atoms with Crippen molar-refractivity contribution in [1.82, 2.24) is 19.9 Å². The SMILES string of the molecule is Cc1ccc2oc(N3CCN(C(=O)c4ccc(F)nc4)CC3)nc2n1. The van der Waals surface area contributed by atoms with E-state index in [2.05, 4.69) is 15.0 Å². The molecule has 3 aromatic rings. The number of fused-ring (bicyclic) bond motifs is 1. The molecule has 0 unspecified atom stereocenters. The number of aromatic nitrogens is 3. The lowest BCUT2D eigenvalue weighted by atomic mass is 10.2. The van der Waals surface area contributed by atoms with Crippen molar-refractivity contribution < 1.29 is 13.6 Å². The summed E-state index contributed by atoms with van der Waals surface area (Å²) in [5.74, 6) is -0.747. The fourth-order valence-electron chi connectivity index (χ4n) is 2.82. The van der Waals surface area contributed by atoms with Crippen LogP contribution in [0.25, 0.3) is 11.2 Å². The molecule has 1 fully saturated rings. The number of carbonyl (C=O) groups excluding carboxylic acids is 1. The maximum atomic E-state index is 12.9. The Bertz CT molecular complexity index is 916. The molecular formula is C17H16FN5O2. The molecule has 0 spiro atoms. The molecule has 0 saturated carbocycles. The topological polar surface area (TPSA) is 75.4 Å². The number of pyridine rings is 2. The molecule has 25 heavy (non-hydrogen) atoms. The molecule has 0 aromatic carbocycles. The number of hydrogen-bond acceptors (Lipinski definition) is 6. The summed E-state index contributed by atoms with van der Waals surface area (Å²) in [4.78, 5) is 28.4. The lowest BCUT2D eigenvalue weighted by Crippen LogP contribution is -2.49. The van der Waals surface area contributed by atoms with Gasteiger partial charge in [0.25, 0.3) is 11.9 Å². The van der Waals surface area contributed by atoms with E-state index in [0.29, 0.717) is 49.0 Å². The van der Waals surface area contributed by atoms with Crippen molar-refractivity contribution in [2.45, 2.75) is 6.92 Å². The number of oxazole rings is 1. The standard InChI is InChI=1S/C17H16FN5O2/c1-11-2-4-13-15(20-11)21-17(25-13)23-8-6-22(7-9-23)16(24)12-3-5-14(18)19-10-12/h2-5,10H,6-9H2,1H3. The molecule has 0 radical (unpaired) electrons. The highest BCUT2D eigenvalue weighted by atomic mass is 19.1. The van der Waals surface area contributed by atoms with Crippen LogP contribution in [-0.4, -0.2) is 51.9 Å². The number of amides is 1. The van der Waals surface area contributed by atoms with Crippen molar-refractivity contribution in [2.75, 3.05) is 31.1 Å². The van der Waals surface area contributed by atoms with Gasteiger partial charge < -0.3 is 14.2 Å². The summed E-state index contributed by atoms with van der Waals surface area (Å²) in [6.07, 6.45) is 1.26. The Labute approximate surface area is 143 Å². The van der Waals surface area contributed by atoms with Gasteiger partial charge in [0.05, 0.1) is 5.56 Å². The number of hydrogen-bond donors (Lipinski definition) is 0. The summed E-state index contributed by atoms with van der Waals surface area (Å²) >= 11 is 0. The van der Waals surface area contributed by atoms with Gasteiger partial charge in [-0.25, -0.2) is 9.97 Å². The predicted molar refractivity (Wildman–Crippen MR) is 88.9 cm³/mol. The number of aryl methyl sites for hydroxylation is 1. The first-order valence-electron chi connectivity index (χ1n) is 8.00. The largest absolute Gasteiger partial charge is 0.422 e. The fraction of sp³-hybridized carbons (Fsp3) is 0.294. The van der Waals surface area contributed by atoms with Crippen molar-refractivity contribution in [3.63, 3.8) is 0 Å². The first-order valence-corrected chi connectivity index (χ1v) is 8.00. The number of piperazine rings is 1. The highest BCUT2D eigenvalue weighted by Crippen LogP contribution is 2.22. The Balaban J connectivity index is 1.45. The maximum Gasteiger partial charge on any atom is 0.300 e. The Hall–Kier alpha value is -3.03. The minimum atomic E-state index is -0.596. The van der Waals surface area contributed by atoms with Crippen LogP contribution in [-0.2, 0) is 0 Å². The first kappa shape index (κ1) is 15.5. The summed E-state index contributed by atoms with van der Waals surface area (Å²) in [6, 6.07) is 6.89. The van der Waals surface area contributed by atoms with E-state index in [1.807, 2.05) is 24.0 Å². The van der Waals surface area contributed by atoms with Crippen LogP contribution in [0.5, 0.6) is 0 Å². The normalized spacial score (nSPS) is 15.0. The van der Waals surface area contributed by atoms with Gasteiger partial charge in [0.2, 0.25) is 11.6 Å².